The Morgan fingerprint density at radius 1 is 1.18 bits per heavy atom. The summed E-state index contributed by atoms with van der Waals surface area (Å²) >= 11 is 0. The molecule has 2 fully saturated rings. The summed E-state index contributed by atoms with van der Waals surface area (Å²) in [5, 5.41) is -0.636. The van der Waals surface area contributed by atoms with Crippen molar-refractivity contribution in [2.45, 2.75) is 49.5 Å². The van der Waals surface area contributed by atoms with Crippen LogP contribution < -0.4 is 4.74 Å². The summed E-state index contributed by atoms with van der Waals surface area (Å²) in [4.78, 5) is 12.8. The fourth-order valence-corrected chi connectivity index (χ4v) is 6.37. The zero-order chi connectivity index (χ0) is 15.9. The molecule has 4 nitrogen and oxygen atoms in total. The molecule has 22 heavy (non-hydrogen) atoms. The van der Waals surface area contributed by atoms with Crippen molar-refractivity contribution < 1.29 is 17.9 Å². The minimum Gasteiger partial charge on any atom is -0.496 e. The summed E-state index contributed by atoms with van der Waals surface area (Å²) in [5.41, 5.74) is 1.62. The highest BCUT2D eigenvalue weighted by molar-refractivity contribution is 7.92. The number of carbonyl (C=O) groups is 1. The quantitative estimate of drug-likeness (QED) is 0.803. The maximum atomic E-state index is 12.8. The number of fused-ring (bicyclic) bond motifs is 2. The van der Waals surface area contributed by atoms with Crippen LogP contribution in [0.25, 0.3) is 0 Å². The Balaban J connectivity index is 1.85. The number of Topliss-reactive ketones (excluding diaryl/α,β-unsaturated/α-hetero) is 1. The third-order valence-electron chi connectivity index (χ3n) is 5.14. The van der Waals surface area contributed by atoms with Crippen LogP contribution in [0.4, 0.5) is 0 Å². The number of carbonyl (C=O) groups excluding carboxylic acids is 1. The van der Waals surface area contributed by atoms with E-state index in [1.807, 2.05) is 19.1 Å². The molecule has 2 atom stereocenters. The van der Waals surface area contributed by atoms with Gasteiger partial charge in [0.05, 0.1) is 17.6 Å². The highest BCUT2D eigenvalue weighted by Gasteiger charge is 2.46. The minimum absolute atomic E-state index is 0.0603. The second-order valence-electron chi connectivity index (χ2n) is 6.48. The summed E-state index contributed by atoms with van der Waals surface area (Å²) in [6.45, 7) is 1.94. The van der Waals surface area contributed by atoms with Gasteiger partial charge in [0.2, 0.25) is 0 Å². The Morgan fingerprint density at radius 3 is 2.41 bits per heavy atom. The Kier molecular flexibility index (Phi) is 4.02. The van der Waals surface area contributed by atoms with E-state index in [2.05, 4.69) is 0 Å². The molecule has 0 aromatic heterocycles. The molecule has 0 N–H and O–H groups in total. The zero-order valence-electron chi connectivity index (χ0n) is 13.0. The van der Waals surface area contributed by atoms with Crippen LogP contribution in [0.3, 0.4) is 0 Å². The molecule has 2 aliphatic heterocycles. The Labute approximate surface area is 131 Å². The third kappa shape index (κ3) is 2.56. The van der Waals surface area contributed by atoms with E-state index < -0.39 is 9.84 Å². The first-order chi connectivity index (χ1) is 10.4. The molecular weight excluding hydrogens is 300 g/mol. The summed E-state index contributed by atoms with van der Waals surface area (Å²) in [5.74, 6) is 0.589. The second-order valence-corrected chi connectivity index (χ2v) is 8.99. The second kappa shape index (κ2) is 5.69. The van der Waals surface area contributed by atoms with Crippen LogP contribution >= 0.6 is 0 Å². The first kappa shape index (κ1) is 15.5. The van der Waals surface area contributed by atoms with Crippen molar-refractivity contribution in [1.82, 2.24) is 0 Å². The van der Waals surface area contributed by atoms with E-state index in [0.717, 1.165) is 12.0 Å². The van der Waals surface area contributed by atoms with Gasteiger partial charge in [0.15, 0.2) is 15.6 Å². The van der Waals surface area contributed by atoms with Crippen LogP contribution in [0.1, 0.15) is 48.0 Å². The van der Waals surface area contributed by atoms with E-state index in [1.165, 1.54) is 0 Å². The standard InChI is InChI=1S/C17H22O4S/c1-11-6-7-12(10-16(11)21-2)17(18)13-8-14-4-3-5-15(9-13)22(14,19)20/h6-7,10,13-15H,3-5,8-9H2,1-2H3. The molecule has 2 saturated heterocycles. The average Bonchev–Trinajstić information content (AvgIpc) is 2.46. The van der Waals surface area contributed by atoms with Crippen molar-refractivity contribution >= 4 is 15.6 Å². The minimum atomic E-state index is -3.01. The fraction of sp³-hybridized carbons (Fsp3) is 0.588. The molecule has 2 bridgehead atoms. The highest BCUT2D eigenvalue weighted by Crippen LogP contribution is 2.40. The molecule has 120 valence electrons. The highest BCUT2D eigenvalue weighted by atomic mass is 32.2. The number of benzene rings is 1. The maximum absolute atomic E-state index is 12.8. The predicted molar refractivity (Wildman–Crippen MR) is 85.1 cm³/mol. The van der Waals surface area contributed by atoms with E-state index in [4.69, 9.17) is 4.74 Å². The molecule has 0 spiro atoms. The van der Waals surface area contributed by atoms with Crippen molar-refractivity contribution in [2.75, 3.05) is 7.11 Å². The SMILES string of the molecule is COc1cc(C(=O)C2CC3CCCC(C2)S3(=O)=O)ccc1C. The van der Waals surface area contributed by atoms with Gasteiger partial charge in [0, 0.05) is 11.5 Å². The number of sulfone groups is 1. The molecule has 3 rings (SSSR count). The van der Waals surface area contributed by atoms with Crippen LogP contribution in [0.15, 0.2) is 18.2 Å². The Bertz CT molecular complexity index is 673. The molecule has 2 aliphatic rings. The number of hydrogen-bond donors (Lipinski definition) is 0. The number of ether oxygens (including phenoxy) is 1. The lowest BCUT2D eigenvalue weighted by molar-refractivity contribution is 0.0893. The van der Waals surface area contributed by atoms with Gasteiger partial charge in [-0.25, -0.2) is 8.42 Å². The van der Waals surface area contributed by atoms with E-state index in [0.29, 0.717) is 37.0 Å². The van der Waals surface area contributed by atoms with Gasteiger partial charge in [0.1, 0.15) is 5.75 Å². The van der Waals surface area contributed by atoms with Crippen LogP contribution in [0.2, 0.25) is 0 Å². The summed E-state index contributed by atoms with van der Waals surface area (Å²) in [6.07, 6.45) is 3.34. The molecule has 2 heterocycles. The maximum Gasteiger partial charge on any atom is 0.166 e. The van der Waals surface area contributed by atoms with Gasteiger partial charge in [-0.05, 0) is 44.2 Å². The van der Waals surface area contributed by atoms with Gasteiger partial charge >= 0.3 is 0 Å². The third-order valence-corrected chi connectivity index (χ3v) is 7.85. The van der Waals surface area contributed by atoms with E-state index >= 15 is 0 Å². The molecular formula is C17H22O4S. The van der Waals surface area contributed by atoms with E-state index in [-0.39, 0.29) is 22.2 Å². The molecule has 0 amide bonds. The van der Waals surface area contributed by atoms with Crippen LogP contribution in [0, 0.1) is 12.8 Å². The monoisotopic (exact) mass is 322 g/mol. The van der Waals surface area contributed by atoms with Crippen LogP contribution in [0.5, 0.6) is 5.75 Å². The van der Waals surface area contributed by atoms with Crippen molar-refractivity contribution in [3.05, 3.63) is 29.3 Å². The van der Waals surface area contributed by atoms with E-state index in [9.17, 15) is 13.2 Å². The van der Waals surface area contributed by atoms with Gasteiger partial charge in [0.25, 0.3) is 0 Å². The number of hydrogen-bond acceptors (Lipinski definition) is 4. The summed E-state index contributed by atoms with van der Waals surface area (Å²) in [6, 6.07) is 5.47. The smallest absolute Gasteiger partial charge is 0.166 e. The molecule has 0 radical (unpaired) electrons. The normalized spacial score (nSPS) is 29.8. The van der Waals surface area contributed by atoms with Crippen molar-refractivity contribution in [2.24, 2.45) is 5.92 Å². The fourth-order valence-electron chi connectivity index (χ4n) is 3.83. The number of ketones is 1. The number of rotatable bonds is 3. The van der Waals surface area contributed by atoms with Crippen molar-refractivity contribution in [3.63, 3.8) is 0 Å². The average molecular weight is 322 g/mol. The molecule has 1 aromatic rings. The lowest BCUT2D eigenvalue weighted by Crippen LogP contribution is -2.45. The van der Waals surface area contributed by atoms with Gasteiger partial charge in [-0.2, -0.15) is 0 Å². The van der Waals surface area contributed by atoms with Gasteiger partial charge in [-0.1, -0.05) is 18.6 Å². The lowest BCUT2D eigenvalue weighted by atomic mass is 9.84. The molecule has 1 aromatic carbocycles. The largest absolute Gasteiger partial charge is 0.496 e. The predicted octanol–water partition coefficient (Wildman–Crippen LogP) is 2.93. The van der Waals surface area contributed by atoms with Gasteiger partial charge in [-0.3, -0.25) is 4.79 Å². The first-order valence-corrected chi connectivity index (χ1v) is 9.46. The summed E-state index contributed by atoms with van der Waals surface area (Å²) < 4.78 is 29.9. The summed E-state index contributed by atoms with van der Waals surface area (Å²) in [7, 11) is -1.42. The van der Waals surface area contributed by atoms with Crippen molar-refractivity contribution in [3.8, 4) is 5.75 Å². The molecule has 5 heteroatoms. The van der Waals surface area contributed by atoms with E-state index in [1.54, 1.807) is 13.2 Å². The molecule has 0 saturated carbocycles. The number of methoxy groups -OCH3 is 1. The Morgan fingerprint density at radius 2 is 1.82 bits per heavy atom. The molecule has 2 unspecified atom stereocenters. The van der Waals surface area contributed by atoms with Gasteiger partial charge in [-0.15, -0.1) is 0 Å². The zero-order valence-corrected chi connectivity index (χ0v) is 13.9. The number of aryl methyl sites for hydroxylation is 1. The lowest BCUT2D eigenvalue weighted by Gasteiger charge is -2.38. The molecule has 0 aliphatic carbocycles. The van der Waals surface area contributed by atoms with Gasteiger partial charge < -0.3 is 4.74 Å². The topological polar surface area (TPSA) is 60.4 Å². The van der Waals surface area contributed by atoms with Crippen LogP contribution in [-0.4, -0.2) is 31.8 Å². The van der Waals surface area contributed by atoms with Crippen LogP contribution in [-0.2, 0) is 9.84 Å². The van der Waals surface area contributed by atoms with Crippen molar-refractivity contribution in [1.29, 1.82) is 0 Å². The first-order valence-electron chi connectivity index (χ1n) is 7.85. The Hall–Kier alpha value is -1.36.